The van der Waals surface area contributed by atoms with E-state index < -0.39 is 37.7 Å². The molecule has 21 heavy (non-hydrogen) atoms. The number of aromatic amines is 1. The number of hydrogen-bond donors (Lipinski definition) is 1. The third-order valence-electron chi connectivity index (χ3n) is 2.36. The molecule has 0 bridgehead atoms. The van der Waals surface area contributed by atoms with Crippen molar-refractivity contribution in [3.63, 3.8) is 0 Å². The molecule has 0 saturated carbocycles. The molecular weight excluding hydrogens is 341 g/mol. The summed E-state index contributed by atoms with van der Waals surface area (Å²) >= 11 is 0.141. The Hall–Kier alpha value is -1.56. The van der Waals surface area contributed by atoms with E-state index in [1.807, 2.05) is 0 Å². The molecule has 0 aliphatic rings. The second kappa shape index (κ2) is 5.02. The van der Waals surface area contributed by atoms with Crippen molar-refractivity contribution in [1.82, 2.24) is 15.2 Å². The molecule has 5 nitrogen and oxygen atoms in total. The van der Waals surface area contributed by atoms with Crippen molar-refractivity contribution in [2.24, 2.45) is 0 Å². The van der Waals surface area contributed by atoms with Crippen LogP contribution in [0.15, 0.2) is 22.9 Å². The van der Waals surface area contributed by atoms with E-state index in [-0.39, 0.29) is 16.9 Å². The van der Waals surface area contributed by atoms with Crippen LogP contribution in [0, 0.1) is 0 Å². The highest BCUT2D eigenvalue weighted by Crippen LogP contribution is 2.46. The number of aromatic nitrogens is 3. The smallest absolute Gasteiger partial charge is 0.250 e. The average molecular weight is 347 g/mol. The maximum Gasteiger partial charge on any atom is 0.458 e. The van der Waals surface area contributed by atoms with Crippen LogP contribution in [-0.2, 0) is 21.5 Å². The second-order valence-electron chi connectivity index (χ2n) is 3.94. The molecule has 1 N–H and O–H groups in total. The Morgan fingerprint density at radius 3 is 2.43 bits per heavy atom. The summed E-state index contributed by atoms with van der Waals surface area (Å²) in [5.41, 5.74) is -0.185. The fraction of sp³-hybridized carbons (Fsp3) is 0.333. The van der Waals surface area contributed by atoms with E-state index in [0.717, 1.165) is 11.7 Å². The van der Waals surface area contributed by atoms with E-state index >= 15 is 0 Å². The van der Waals surface area contributed by atoms with Crippen molar-refractivity contribution >= 4 is 21.2 Å². The van der Waals surface area contributed by atoms with Crippen molar-refractivity contribution in [1.29, 1.82) is 0 Å². The highest BCUT2D eigenvalue weighted by atomic mass is 32.2. The topological polar surface area (TPSA) is 75.7 Å². The van der Waals surface area contributed by atoms with Gasteiger partial charge in [-0.2, -0.15) is 27.1 Å². The highest BCUT2D eigenvalue weighted by Gasteiger charge is 2.59. The fourth-order valence-electron chi connectivity index (χ4n) is 1.39. The molecule has 0 amide bonds. The SMILES string of the molecule is O=S(=O)(Cc1csc(C(F)(F)C(F)(F)F)c1)c1ncn[nH]1. The van der Waals surface area contributed by atoms with Crippen LogP contribution in [0.3, 0.4) is 0 Å². The van der Waals surface area contributed by atoms with Gasteiger partial charge in [-0.15, -0.1) is 11.3 Å². The van der Waals surface area contributed by atoms with E-state index in [2.05, 4.69) is 15.2 Å². The van der Waals surface area contributed by atoms with Gasteiger partial charge in [0.25, 0.3) is 0 Å². The molecule has 2 aromatic rings. The number of H-pyrrole nitrogens is 1. The van der Waals surface area contributed by atoms with Crippen LogP contribution in [0.5, 0.6) is 0 Å². The Morgan fingerprint density at radius 2 is 1.90 bits per heavy atom. The molecule has 2 aromatic heterocycles. The third kappa shape index (κ3) is 3.05. The van der Waals surface area contributed by atoms with E-state index in [1.165, 1.54) is 0 Å². The molecule has 116 valence electrons. The first-order valence-electron chi connectivity index (χ1n) is 5.14. The minimum Gasteiger partial charge on any atom is -0.250 e. The third-order valence-corrected chi connectivity index (χ3v) is 4.91. The number of nitrogens with one attached hydrogen (secondary N) is 1. The summed E-state index contributed by atoms with van der Waals surface area (Å²) < 4.78 is 86.4. The van der Waals surface area contributed by atoms with Crippen molar-refractivity contribution in [3.05, 3.63) is 28.2 Å². The summed E-state index contributed by atoms with van der Waals surface area (Å²) in [4.78, 5) is 2.13. The largest absolute Gasteiger partial charge is 0.458 e. The molecule has 0 saturated heterocycles. The normalized spacial score (nSPS) is 13.6. The zero-order chi connectivity index (χ0) is 15.9. The number of halogens is 5. The van der Waals surface area contributed by atoms with Crippen LogP contribution in [0.2, 0.25) is 0 Å². The lowest BCUT2D eigenvalue weighted by Crippen LogP contribution is -2.32. The Labute approximate surface area is 118 Å². The van der Waals surface area contributed by atoms with Gasteiger partial charge in [0, 0.05) is 0 Å². The van der Waals surface area contributed by atoms with Crippen LogP contribution in [0.1, 0.15) is 10.4 Å². The number of nitrogens with zero attached hydrogens (tertiary/aromatic N) is 2. The lowest BCUT2D eigenvalue weighted by atomic mass is 10.2. The predicted octanol–water partition coefficient (Wildman–Crippen LogP) is 2.49. The lowest BCUT2D eigenvalue weighted by molar-refractivity contribution is -0.287. The van der Waals surface area contributed by atoms with E-state index in [9.17, 15) is 30.4 Å². The average Bonchev–Trinajstić information content (AvgIpc) is 2.96. The molecular formula is C9H6F5N3O2S2. The summed E-state index contributed by atoms with van der Waals surface area (Å²) in [5.74, 6) is -5.78. The number of thiophene rings is 1. The van der Waals surface area contributed by atoms with Gasteiger partial charge < -0.3 is 0 Å². The first-order valence-corrected chi connectivity index (χ1v) is 7.68. The Bertz CT molecular complexity index is 721. The molecule has 0 radical (unpaired) electrons. The number of rotatable bonds is 4. The molecule has 2 heterocycles. The molecule has 0 fully saturated rings. The van der Waals surface area contributed by atoms with Crippen LogP contribution < -0.4 is 0 Å². The van der Waals surface area contributed by atoms with Gasteiger partial charge in [0.05, 0.1) is 10.6 Å². The molecule has 0 atom stereocenters. The Balaban J connectivity index is 2.26. The van der Waals surface area contributed by atoms with E-state index in [0.29, 0.717) is 6.07 Å². The fourth-order valence-corrected chi connectivity index (χ4v) is 3.55. The van der Waals surface area contributed by atoms with Crippen molar-refractivity contribution in [2.45, 2.75) is 23.0 Å². The summed E-state index contributed by atoms with van der Waals surface area (Å²) in [6.45, 7) is 0. The number of alkyl halides is 5. The minimum absolute atomic E-state index is 0.141. The standard InChI is InChI=1S/C9H6F5N3O2S2/c10-8(11,9(12,13)14)6-1-5(2-20-6)3-21(18,19)7-15-4-16-17-7/h1-2,4H,3H2,(H,15,16,17). The second-order valence-corrected chi connectivity index (χ2v) is 6.76. The first-order chi connectivity index (χ1) is 9.54. The summed E-state index contributed by atoms with van der Waals surface area (Å²) in [5, 5.41) is 5.86. The van der Waals surface area contributed by atoms with Crippen molar-refractivity contribution in [3.8, 4) is 0 Å². The molecule has 0 aliphatic heterocycles. The number of hydrogen-bond acceptors (Lipinski definition) is 5. The first kappa shape index (κ1) is 15.8. The molecule has 2 rings (SSSR count). The van der Waals surface area contributed by atoms with Gasteiger partial charge in [-0.1, -0.05) is 0 Å². The van der Waals surface area contributed by atoms with Crippen LogP contribution in [0.25, 0.3) is 0 Å². The van der Waals surface area contributed by atoms with E-state index in [4.69, 9.17) is 0 Å². The summed E-state index contributed by atoms with van der Waals surface area (Å²) in [7, 11) is -3.99. The zero-order valence-corrected chi connectivity index (χ0v) is 11.5. The lowest BCUT2D eigenvalue weighted by Gasteiger charge is -2.17. The zero-order valence-electron chi connectivity index (χ0n) is 9.86. The maximum absolute atomic E-state index is 13.1. The molecule has 0 aromatic carbocycles. The summed E-state index contributed by atoms with van der Waals surface area (Å²) in [6.07, 6.45) is -4.80. The van der Waals surface area contributed by atoms with Crippen molar-refractivity contribution in [2.75, 3.05) is 0 Å². The van der Waals surface area contributed by atoms with Crippen molar-refractivity contribution < 1.29 is 30.4 Å². The van der Waals surface area contributed by atoms with Crippen LogP contribution >= 0.6 is 11.3 Å². The van der Waals surface area contributed by atoms with Gasteiger partial charge in [0.2, 0.25) is 15.0 Å². The molecule has 0 spiro atoms. The van der Waals surface area contributed by atoms with Gasteiger partial charge in [-0.3, -0.25) is 5.10 Å². The van der Waals surface area contributed by atoms with Gasteiger partial charge in [0.15, 0.2) is 0 Å². The van der Waals surface area contributed by atoms with Gasteiger partial charge in [-0.25, -0.2) is 13.4 Å². The highest BCUT2D eigenvalue weighted by molar-refractivity contribution is 7.90. The van der Waals surface area contributed by atoms with Gasteiger partial charge in [-0.05, 0) is 17.0 Å². The quantitative estimate of drug-likeness (QED) is 0.862. The maximum atomic E-state index is 13.1. The molecule has 0 unspecified atom stereocenters. The number of sulfone groups is 1. The van der Waals surface area contributed by atoms with Crippen LogP contribution in [-0.4, -0.2) is 29.8 Å². The van der Waals surface area contributed by atoms with Gasteiger partial charge in [0.1, 0.15) is 6.33 Å². The molecule has 12 heteroatoms. The predicted molar refractivity (Wildman–Crippen MR) is 61.5 cm³/mol. The molecule has 0 aliphatic carbocycles. The Morgan fingerprint density at radius 1 is 1.24 bits per heavy atom. The van der Waals surface area contributed by atoms with E-state index in [1.54, 1.807) is 0 Å². The Kier molecular flexibility index (Phi) is 3.78. The van der Waals surface area contributed by atoms with Crippen LogP contribution in [0.4, 0.5) is 22.0 Å². The summed E-state index contributed by atoms with van der Waals surface area (Å²) in [6, 6.07) is 0.520. The monoisotopic (exact) mass is 347 g/mol. The van der Waals surface area contributed by atoms with Gasteiger partial charge >= 0.3 is 12.1 Å². The minimum atomic E-state index is -5.74.